The molecule has 3 aromatic rings. The molecule has 1 saturated heterocycles. The minimum atomic E-state index is -0.283. The topological polar surface area (TPSA) is 81.5 Å². The number of hydrogen-bond donors (Lipinski definition) is 1. The first-order valence-electron chi connectivity index (χ1n) is 10.1. The third-order valence-corrected chi connectivity index (χ3v) is 5.44. The van der Waals surface area contributed by atoms with E-state index in [4.69, 9.17) is 21.1 Å². The number of methoxy groups -OCH3 is 1. The van der Waals surface area contributed by atoms with Gasteiger partial charge in [0.25, 0.3) is 0 Å². The van der Waals surface area contributed by atoms with E-state index in [0.717, 1.165) is 49.5 Å². The number of nitrogens with zero attached hydrogens (tertiary/aromatic N) is 4. The highest BCUT2D eigenvalue weighted by Gasteiger charge is 2.18. The van der Waals surface area contributed by atoms with Crippen LogP contribution in [0.2, 0.25) is 5.02 Å². The second kappa shape index (κ2) is 9.91. The number of carbonyl (C=O) groups is 1. The van der Waals surface area contributed by atoms with E-state index >= 15 is 0 Å². The molecule has 162 valence electrons. The second-order valence-electron chi connectivity index (χ2n) is 7.11. The molecule has 1 aliphatic heterocycles. The minimum absolute atomic E-state index is 0.283. The maximum Gasteiger partial charge on any atom is 0.342 e. The number of ether oxygens (including phenoxy) is 2. The number of benzene rings is 1. The molecule has 3 heterocycles. The zero-order valence-electron chi connectivity index (χ0n) is 17.3. The Morgan fingerprint density at radius 3 is 2.68 bits per heavy atom. The smallest absolute Gasteiger partial charge is 0.342 e. The summed E-state index contributed by atoms with van der Waals surface area (Å²) in [5.74, 6) is 0.580. The van der Waals surface area contributed by atoms with Gasteiger partial charge in [-0.15, -0.1) is 0 Å². The summed E-state index contributed by atoms with van der Waals surface area (Å²) in [5.41, 5.74) is 3.16. The lowest BCUT2D eigenvalue weighted by atomic mass is 10.0. The van der Waals surface area contributed by atoms with Gasteiger partial charge in [0.05, 0.1) is 25.3 Å². The molecule has 0 radical (unpaired) electrons. The van der Waals surface area contributed by atoms with Crippen LogP contribution in [0.15, 0.2) is 48.9 Å². The fourth-order valence-electron chi connectivity index (χ4n) is 3.47. The number of hydrogen-bond acceptors (Lipinski definition) is 6. The maximum atomic E-state index is 12.8. The Kier molecular flexibility index (Phi) is 6.81. The summed E-state index contributed by atoms with van der Waals surface area (Å²) in [7, 11) is 1.57. The number of morpholine rings is 1. The molecule has 0 unspecified atom stereocenters. The fourth-order valence-corrected chi connectivity index (χ4v) is 3.73. The first-order valence-corrected chi connectivity index (χ1v) is 10.5. The Bertz CT molecular complexity index is 1030. The van der Waals surface area contributed by atoms with Gasteiger partial charge in [-0.1, -0.05) is 11.6 Å². The number of halogens is 1. The van der Waals surface area contributed by atoms with Crippen molar-refractivity contribution in [1.82, 2.24) is 25.0 Å². The summed E-state index contributed by atoms with van der Waals surface area (Å²) >= 11 is 6.33. The molecule has 0 atom stereocenters. The number of nitrogens with one attached hydrogen (secondary N) is 1. The predicted molar refractivity (Wildman–Crippen MR) is 119 cm³/mol. The van der Waals surface area contributed by atoms with Crippen molar-refractivity contribution in [2.75, 3.05) is 46.5 Å². The van der Waals surface area contributed by atoms with E-state index in [2.05, 4.69) is 20.3 Å². The van der Waals surface area contributed by atoms with Gasteiger partial charge in [0.1, 0.15) is 11.4 Å². The van der Waals surface area contributed by atoms with E-state index in [9.17, 15) is 4.79 Å². The van der Waals surface area contributed by atoms with Gasteiger partial charge < -0.3 is 14.8 Å². The lowest BCUT2D eigenvalue weighted by Crippen LogP contribution is -2.42. The van der Waals surface area contributed by atoms with Gasteiger partial charge in [0.15, 0.2) is 0 Å². The molecule has 9 heteroatoms. The van der Waals surface area contributed by atoms with Gasteiger partial charge in [0.2, 0.25) is 0 Å². The fraction of sp³-hybridized carbons (Fsp3) is 0.318. The highest BCUT2D eigenvalue weighted by Crippen LogP contribution is 2.34. The third kappa shape index (κ3) is 5.04. The Morgan fingerprint density at radius 1 is 1.19 bits per heavy atom. The van der Waals surface area contributed by atoms with Gasteiger partial charge >= 0.3 is 6.03 Å². The average Bonchev–Trinajstić information content (AvgIpc) is 3.26. The van der Waals surface area contributed by atoms with Crippen LogP contribution in [0, 0.1) is 0 Å². The standard InChI is InChI=1S/C22H24ClN5O3/c1-30-20-3-2-17(14-19(20)23)21-18(16-4-6-24-7-5-16)15-28(26-21)22(29)25-8-9-27-10-12-31-13-11-27/h2-7,14-15H,8-13H2,1H3,(H,25,29). The van der Waals surface area contributed by atoms with Gasteiger partial charge in [-0.3, -0.25) is 9.88 Å². The first kappa shape index (κ1) is 21.3. The zero-order valence-corrected chi connectivity index (χ0v) is 18.0. The molecular weight excluding hydrogens is 418 g/mol. The molecule has 1 amide bonds. The molecule has 2 aromatic heterocycles. The number of aromatic nitrogens is 3. The monoisotopic (exact) mass is 441 g/mol. The summed E-state index contributed by atoms with van der Waals surface area (Å²) in [5, 5.41) is 7.99. The molecular formula is C22H24ClN5O3. The number of amides is 1. The maximum absolute atomic E-state index is 12.8. The predicted octanol–water partition coefficient (Wildman–Crippen LogP) is 3.16. The van der Waals surface area contributed by atoms with E-state index in [-0.39, 0.29) is 6.03 Å². The van der Waals surface area contributed by atoms with Crippen LogP contribution in [-0.4, -0.2) is 72.2 Å². The number of pyridine rings is 1. The lowest BCUT2D eigenvalue weighted by molar-refractivity contribution is 0.0387. The van der Waals surface area contributed by atoms with E-state index in [0.29, 0.717) is 23.0 Å². The molecule has 0 spiro atoms. The van der Waals surface area contributed by atoms with Crippen LogP contribution in [-0.2, 0) is 4.74 Å². The average molecular weight is 442 g/mol. The molecule has 4 rings (SSSR count). The summed E-state index contributed by atoms with van der Waals surface area (Å²) in [6, 6.07) is 8.93. The quantitative estimate of drug-likeness (QED) is 0.632. The molecule has 31 heavy (non-hydrogen) atoms. The van der Waals surface area contributed by atoms with Crippen LogP contribution >= 0.6 is 11.6 Å². The van der Waals surface area contributed by atoms with Crippen molar-refractivity contribution in [2.24, 2.45) is 0 Å². The van der Waals surface area contributed by atoms with Crippen LogP contribution in [0.4, 0.5) is 4.79 Å². The molecule has 0 saturated carbocycles. The molecule has 0 bridgehead atoms. The zero-order chi connectivity index (χ0) is 21.6. The van der Waals surface area contributed by atoms with Gasteiger partial charge in [-0.25, -0.2) is 4.79 Å². The largest absolute Gasteiger partial charge is 0.495 e. The van der Waals surface area contributed by atoms with Crippen LogP contribution in [0.3, 0.4) is 0 Å². The van der Waals surface area contributed by atoms with Crippen molar-refractivity contribution in [1.29, 1.82) is 0 Å². The Balaban J connectivity index is 1.57. The Hall–Kier alpha value is -2.94. The summed E-state index contributed by atoms with van der Waals surface area (Å²) < 4.78 is 11.9. The van der Waals surface area contributed by atoms with Crippen LogP contribution in [0.5, 0.6) is 5.75 Å². The molecule has 1 fully saturated rings. The highest BCUT2D eigenvalue weighted by atomic mass is 35.5. The van der Waals surface area contributed by atoms with E-state index in [1.165, 1.54) is 4.68 Å². The first-order chi connectivity index (χ1) is 15.2. The van der Waals surface area contributed by atoms with Crippen LogP contribution < -0.4 is 10.1 Å². The molecule has 1 N–H and O–H groups in total. The van der Waals surface area contributed by atoms with E-state index in [1.54, 1.807) is 37.8 Å². The Labute approximate surface area is 185 Å². The van der Waals surface area contributed by atoms with Crippen LogP contribution in [0.25, 0.3) is 22.4 Å². The third-order valence-electron chi connectivity index (χ3n) is 5.15. The molecule has 8 nitrogen and oxygen atoms in total. The Morgan fingerprint density at radius 2 is 1.97 bits per heavy atom. The molecule has 1 aromatic carbocycles. The van der Waals surface area contributed by atoms with Crippen molar-refractivity contribution in [3.63, 3.8) is 0 Å². The van der Waals surface area contributed by atoms with Crippen molar-refractivity contribution in [3.05, 3.63) is 53.9 Å². The lowest BCUT2D eigenvalue weighted by Gasteiger charge is -2.26. The number of rotatable bonds is 6. The van der Waals surface area contributed by atoms with E-state index < -0.39 is 0 Å². The van der Waals surface area contributed by atoms with Gasteiger partial charge in [0, 0.05) is 55.9 Å². The SMILES string of the molecule is COc1ccc(-c2nn(C(=O)NCCN3CCOCC3)cc2-c2ccncc2)cc1Cl. The van der Waals surface area contributed by atoms with Crippen molar-refractivity contribution < 1.29 is 14.3 Å². The minimum Gasteiger partial charge on any atom is -0.495 e. The number of carbonyl (C=O) groups excluding carboxylic acids is 1. The van der Waals surface area contributed by atoms with Crippen molar-refractivity contribution >= 4 is 17.6 Å². The van der Waals surface area contributed by atoms with E-state index in [1.807, 2.05) is 18.2 Å². The molecule has 1 aliphatic rings. The van der Waals surface area contributed by atoms with Crippen LogP contribution in [0.1, 0.15) is 0 Å². The summed E-state index contributed by atoms with van der Waals surface area (Å²) in [6.07, 6.45) is 5.15. The second-order valence-corrected chi connectivity index (χ2v) is 7.51. The summed E-state index contributed by atoms with van der Waals surface area (Å²) in [4.78, 5) is 19.1. The highest BCUT2D eigenvalue weighted by molar-refractivity contribution is 6.32. The normalized spacial score (nSPS) is 14.4. The van der Waals surface area contributed by atoms with Gasteiger partial charge in [-0.05, 0) is 35.9 Å². The summed E-state index contributed by atoms with van der Waals surface area (Å²) in [6.45, 7) is 4.53. The molecule has 0 aliphatic carbocycles. The van der Waals surface area contributed by atoms with Crippen molar-refractivity contribution in [2.45, 2.75) is 0 Å². The van der Waals surface area contributed by atoms with Crippen molar-refractivity contribution in [3.8, 4) is 28.1 Å². The van der Waals surface area contributed by atoms with Gasteiger partial charge in [-0.2, -0.15) is 9.78 Å².